The maximum atomic E-state index is 14.0. The fraction of sp³-hybridized carbons (Fsp3) is 0.400. The van der Waals surface area contributed by atoms with Crippen LogP contribution in [0.15, 0.2) is 59.5 Å². The Kier molecular flexibility index (Phi) is 6.42. The standard InChI is InChI=1S/C25H29FN4O3S/c26-21-6-2-4-8-24(21)34(32,33)30-15-13-29(14-16-30)25(31)18-28-11-9-19(10-12-28)23-17-20-5-1-3-7-22(20)27-23/h1-8,17,19,27H,9-16,18H2. The lowest BCUT2D eigenvalue weighted by molar-refractivity contribution is -0.133. The van der Waals surface area contributed by atoms with Gasteiger partial charge in [-0.15, -0.1) is 0 Å². The van der Waals surface area contributed by atoms with Crippen molar-refractivity contribution < 1.29 is 17.6 Å². The molecule has 1 aromatic heterocycles. The van der Waals surface area contributed by atoms with Gasteiger partial charge in [0.05, 0.1) is 6.54 Å². The first kappa shape index (κ1) is 23.0. The number of carbonyl (C=O) groups is 1. The number of likely N-dealkylation sites (tertiary alicyclic amines) is 1. The number of benzene rings is 2. The van der Waals surface area contributed by atoms with E-state index in [2.05, 4.69) is 28.1 Å². The molecule has 2 fully saturated rings. The molecular weight excluding hydrogens is 455 g/mol. The Morgan fingerprint density at radius 3 is 2.32 bits per heavy atom. The number of para-hydroxylation sites is 1. The number of rotatable bonds is 5. The van der Waals surface area contributed by atoms with Gasteiger partial charge in [-0.05, 0) is 55.6 Å². The zero-order valence-corrected chi connectivity index (χ0v) is 19.8. The van der Waals surface area contributed by atoms with Gasteiger partial charge in [-0.25, -0.2) is 12.8 Å². The minimum atomic E-state index is -3.90. The Morgan fingerprint density at radius 2 is 1.62 bits per heavy atom. The van der Waals surface area contributed by atoms with Crippen LogP contribution in [0.5, 0.6) is 0 Å². The SMILES string of the molecule is O=C(CN1CCC(c2cc3ccccc3[nH]2)CC1)N1CCN(S(=O)(=O)c2ccccc2F)CC1. The van der Waals surface area contributed by atoms with Crippen LogP contribution >= 0.6 is 0 Å². The van der Waals surface area contributed by atoms with E-state index < -0.39 is 15.8 Å². The maximum Gasteiger partial charge on any atom is 0.246 e. The van der Waals surface area contributed by atoms with Gasteiger partial charge in [-0.2, -0.15) is 4.31 Å². The van der Waals surface area contributed by atoms with Crippen molar-refractivity contribution in [1.82, 2.24) is 19.1 Å². The van der Waals surface area contributed by atoms with Crippen molar-refractivity contribution >= 4 is 26.8 Å². The van der Waals surface area contributed by atoms with Crippen LogP contribution in [0.4, 0.5) is 4.39 Å². The summed E-state index contributed by atoms with van der Waals surface area (Å²) >= 11 is 0. The number of aromatic nitrogens is 1. The molecule has 1 amide bonds. The summed E-state index contributed by atoms with van der Waals surface area (Å²) in [6, 6.07) is 15.9. The van der Waals surface area contributed by atoms with Gasteiger partial charge in [0, 0.05) is 43.3 Å². The summed E-state index contributed by atoms with van der Waals surface area (Å²) < 4.78 is 40.8. The number of hydrogen-bond donors (Lipinski definition) is 1. The van der Waals surface area contributed by atoms with Crippen molar-refractivity contribution in [3.05, 3.63) is 66.1 Å². The summed E-state index contributed by atoms with van der Waals surface area (Å²) in [6.07, 6.45) is 1.99. The van der Waals surface area contributed by atoms with Crippen LogP contribution < -0.4 is 0 Å². The molecule has 0 unspecified atom stereocenters. The monoisotopic (exact) mass is 484 g/mol. The lowest BCUT2D eigenvalue weighted by atomic mass is 9.93. The normalized spacial score (nSPS) is 19.0. The van der Waals surface area contributed by atoms with E-state index in [1.807, 2.05) is 12.1 Å². The number of sulfonamides is 1. The summed E-state index contributed by atoms with van der Waals surface area (Å²) in [5.74, 6) is -0.269. The summed E-state index contributed by atoms with van der Waals surface area (Å²) in [5.41, 5.74) is 2.42. The molecule has 2 aliphatic rings. The number of piperazine rings is 1. The Labute approximate surface area is 199 Å². The van der Waals surface area contributed by atoms with Gasteiger partial charge in [0.15, 0.2) is 0 Å². The molecule has 7 nitrogen and oxygen atoms in total. The zero-order valence-electron chi connectivity index (χ0n) is 19.0. The molecule has 0 spiro atoms. The van der Waals surface area contributed by atoms with Crippen molar-refractivity contribution in [2.75, 3.05) is 45.8 Å². The van der Waals surface area contributed by atoms with Crippen LogP contribution in [0.25, 0.3) is 10.9 Å². The highest BCUT2D eigenvalue weighted by Crippen LogP contribution is 2.30. The van der Waals surface area contributed by atoms with Crippen LogP contribution in [0.2, 0.25) is 0 Å². The summed E-state index contributed by atoms with van der Waals surface area (Å²) in [7, 11) is -3.90. The molecule has 0 saturated carbocycles. The number of nitrogens with zero attached hydrogens (tertiary/aromatic N) is 3. The van der Waals surface area contributed by atoms with E-state index in [0.29, 0.717) is 25.6 Å². The average Bonchev–Trinajstić information content (AvgIpc) is 3.29. The zero-order chi connectivity index (χ0) is 23.7. The van der Waals surface area contributed by atoms with E-state index in [1.54, 1.807) is 4.90 Å². The number of H-pyrrole nitrogens is 1. The van der Waals surface area contributed by atoms with E-state index in [0.717, 1.165) is 37.5 Å². The largest absolute Gasteiger partial charge is 0.358 e. The molecule has 0 atom stereocenters. The Morgan fingerprint density at radius 1 is 0.941 bits per heavy atom. The first-order chi connectivity index (χ1) is 16.4. The Hall–Kier alpha value is -2.75. The molecule has 9 heteroatoms. The van der Waals surface area contributed by atoms with Crippen molar-refractivity contribution in [2.45, 2.75) is 23.7 Å². The maximum absolute atomic E-state index is 14.0. The number of hydrogen-bond acceptors (Lipinski definition) is 4. The first-order valence-corrected chi connectivity index (χ1v) is 13.2. The van der Waals surface area contributed by atoms with Crippen LogP contribution in [0.1, 0.15) is 24.5 Å². The van der Waals surface area contributed by atoms with E-state index in [1.165, 1.54) is 33.6 Å². The molecule has 0 aliphatic carbocycles. The molecule has 2 aromatic carbocycles. The number of carbonyl (C=O) groups excluding carboxylic acids is 1. The number of amides is 1. The molecule has 0 bridgehead atoms. The molecule has 2 saturated heterocycles. The molecule has 2 aliphatic heterocycles. The van der Waals surface area contributed by atoms with Crippen LogP contribution in [0, 0.1) is 5.82 Å². The van der Waals surface area contributed by atoms with E-state index in [-0.39, 0.29) is 23.9 Å². The van der Waals surface area contributed by atoms with E-state index in [4.69, 9.17) is 0 Å². The van der Waals surface area contributed by atoms with E-state index >= 15 is 0 Å². The molecule has 0 radical (unpaired) electrons. The quantitative estimate of drug-likeness (QED) is 0.604. The number of halogens is 1. The van der Waals surface area contributed by atoms with E-state index in [9.17, 15) is 17.6 Å². The average molecular weight is 485 g/mol. The molecule has 1 N–H and O–H groups in total. The second-order valence-electron chi connectivity index (χ2n) is 9.08. The summed E-state index contributed by atoms with van der Waals surface area (Å²) in [6.45, 7) is 3.03. The number of piperidine rings is 1. The third-order valence-corrected chi connectivity index (χ3v) is 8.91. The third-order valence-electron chi connectivity index (χ3n) is 6.98. The second-order valence-corrected chi connectivity index (χ2v) is 11.0. The fourth-order valence-electron chi connectivity index (χ4n) is 4.98. The third kappa shape index (κ3) is 4.60. The summed E-state index contributed by atoms with van der Waals surface area (Å²) in [5, 5.41) is 1.23. The highest BCUT2D eigenvalue weighted by molar-refractivity contribution is 7.89. The lowest BCUT2D eigenvalue weighted by Crippen LogP contribution is -2.53. The van der Waals surface area contributed by atoms with Crippen molar-refractivity contribution in [3.8, 4) is 0 Å². The minimum Gasteiger partial charge on any atom is -0.358 e. The predicted molar refractivity (Wildman–Crippen MR) is 128 cm³/mol. The number of nitrogens with one attached hydrogen (secondary N) is 1. The molecule has 5 rings (SSSR count). The minimum absolute atomic E-state index is 0.0204. The van der Waals surface area contributed by atoms with Gasteiger partial charge in [0.1, 0.15) is 10.7 Å². The molecular formula is C25H29FN4O3S. The molecule has 3 aromatic rings. The van der Waals surface area contributed by atoms with Crippen LogP contribution in [-0.4, -0.2) is 79.2 Å². The first-order valence-electron chi connectivity index (χ1n) is 11.7. The summed E-state index contributed by atoms with van der Waals surface area (Å²) in [4.78, 5) is 20.0. The Bertz CT molecular complexity index is 1240. The highest BCUT2D eigenvalue weighted by Gasteiger charge is 2.32. The van der Waals surface area contributed by atoms with Gasteiger partial charge >= 0.3 is 0 Å². The van der Waals surface area contributed by atoms with Gasteiger partial charge < -0.3 is 9.88 Å². The van der Waals surface area contributed by atoms with Gasteiger partial charge in [0.25, 0.3) is 0 Å². The van der Waals surface area contributed by atoms with Gasteiger partial charge in [-0.1, -0.05) is 30.3 Å². The molecule has 3 heterocycles. The van der Waals surface area contributed by atoms with Gasteiger partial charge in [-0.3, -0.25) is 9.69 Å². The van der Waals surface area contributed by atoms with Crippen molar-refractivity contribution in [2.24, 2.45) is 0 Å². The van der Waals surface area contributed by atoms with Gasteiger partial charge in [0.2, 0.25) is 15.9 Å². The van der Waals surface area contributed by atoms with Crippen molar-refractivity contribution in [1.29, 1.82) is 0 Å². The van der Waals surface area contributed by atoms with Crippen LogP contribution in [0.3, 0.4) is 0 Å². The second kappa shape index (κ2) is 9.48. The topological polar surface area (TPSA) is 76.7 Å². The van der Waals surface area contributed by atoms with Crippen molar-refractivity contribution in [3.63, 3.8) is 0 Å². The molecule has 34 heavy (non-hydrogen) atoms. The lowest BCUT2D eigenvalue weighted by Gasteiger charge is -2.36. The molecule has 180 valence electrons. The fourth-order valence-corrected chi connectivity index (χ4v) is 6.47. The van der Waals surface area contributed by atoms with Crippen LogP contribution in [-0.2, 0) is 14.8 Å². The predicted octanol–water partition coefficient (Wildman–Crippen LogP) is 3.02. The number of aromatic amines is 1. The highest BCUT2D eigenvalue weighted by atomic mass is 32.2. The number of fused-ring (bicyclic) bond motifs is 1. The smallest absolute Gasteiger partial charge is 0.246 e. The Balaban J connectivity index is 1.12.